The maximum Gasteiger partial charge on any atom is 0.224 e. The molecule has 2 N–H and O–H groups in total. The Morgan fingerprint density at radius 3 is 2.72 bits per heavy atom. The van der Waals surface area contributed by atoms with Gasteiger partial charge < -0.3 is 5.73 Å². The number of nitrogens with two attached hydrogens (primary N) is 1. The van der Waals surface area contributed by atoms with Crippen LogP contribution in [0.5, 0.6) is 0 Å². The summed E-state index contributed by atoms with van der Waals surface area (Å²) in [6.45, 7) is 3.58. The number of hydrogen-bond donors (Lipinski definition) is 1. The number of likely N-dealkylation sites (tertiary alicyclic amines) is 1. The lowest BCUT2D eigenvalue weighted by atomic mass is 9.89. The molecule has 3 unspecified atom stereocenters. The van der Waals surface area contributed by atoms with Gasteiger partial charge in [0, 0.05) is 12.6 Å². The fourth-order valence-electron chi connectivity index (χ4n) is 3.36. The summed E-state index contributed by atoms with van der Waals surface area (Å²) in [6, 6.07) is 2.80. The van der Waals surface area contributed by atoms with E-state index in [4.69, 9.17) is 5.73 Å². The van der Waals surface area contributed by atoms with Crippen molar-refractivity contribution in [3.05, 3.63) is 0 Å². The summed E-state index contributed by atoms with van der Waals surface area (Å²) >= 11 is 0. The Kier molecular flexibility index (Phi) is 3.91. The molecule has 100 valence electrons. The van der Waals surface area contributed by atoms with Crippen LogP contribution in [0.25, 0.3) is 0 Å². The van der Waals surface area contributed by atoms with Gasteiger partial charge in [0.15, 0.2) is 0 Å². The SMILES string of the molecule is CC1(C(N)=O)CCN(C2CCCCCC2C#N)C1. The lowest BCUT2D eigenvalue weighted by molar-refractivity contribution is -0.126. The number of rotatable bonds is 2. The summed E-state index contributed by atoms with van der Waals surface area (Å²) < 4.78 is 0. The average molecular weight is 249 g/mol. The summed E-state index contributed by atoms with van der Waals surface area (Å²) in [5, 5.41) is 9.32. The van der Waals surface area contributed by atoms with E-state index < -0.39 is 5.41 Å². The van der Waals surface area contributed by atoms with Gasteiger partial charge in [0.2, 0.25) is 5.91 Å². The summed E-state index contributed by atoms with van der Waals surface area (Å²) in [5.74, 6) is -0.0742. The van der Waals surface area contributed by atoms with Crippen LogP contribution in [0.1, 0.15) is 45.4 Å². The molecule has 0 spiro atoms. The molecule has 0 aromatic rings. The van der Waals surface area contributed by atoms with Crippen molar-refractivity contribution in [3.8, 4) is 6.07 Å². The van der Waals surface area contributed by atoms with Crippen LogP contribution in [-0.2, 0) is 4.79 Å². The molecule has 1 heterocycles. The third kappa shape index (κ3) is 2.51. The summed E-state index contributed by atoms with van der Waals surface area (Å²) in [5.41, 5.74) is 5.09. The van der Waals surface area contributed by atoms with Gasteiger partial charge in [-0.05, 0) is 32.7 Å². The van der Waals surface area contributed by atoms with Crippen LogP contribution in [0.2, 0.25) is 0 Å². The molecule has 1 aliphatic heterocycles. The summed E-state index contributed by atoms with van der Waals surface area (Å²) in [7, 11) is 0. The zero-order valence-electron chi connectivity index (χ0n) is 11.2. The molecule has 4 nitrogen and oxygen atoms in total. The van der Waals surface area contributed by atoms with Gasteiger partial charge >= 0.3 is 0 Å². The Morgan fingerprint density at radius 1 is 1.39 bits per heavy atom. The lowest BCUT2D eigenvalue weighted by Gasteiger charge is -2.31. The molecule has 18 heavy (non-hydrogen) atoms. The molecule has 1 aliphatic carbocycles. The molecule has 1 amide bonds. The van der Waals surface area contributed by atoms with Gasteiger partial charge in [-0.25, -0.2) is 0 Å². The van der Waals surface area contributed by atoms with Crippen molar-refractivity contribution in [3.63, 3.8) is 0 Å². The van der Waals surface area contributed by atoms with E-state index in [9.17, 15) is 10.1 Å². The first-order valence-electron chi connectivity index (χ1n) is 7.00. The fourth-order valence-corrected chi connectivity index (χ4v) is 3.36. The van der Waals surface area contributed by atoms with E-state index in [0.717, 1.165) is 38.8 Å². The molecular formula is C14H23N3O. The van der Waals surface area contributed by atoms with Crippen molar-refractivity contribution >= 4 is 5.91 Å². The zero-order chi connectivity index (χ0) is 13.2. The van der Waals surface area contributed by atoms with E-state index in [1.54, 1.807) is 0 Å². The first-order valence-corrected chi connectivity index (χ1v) is 7.00. The van der Waals surface area contributed by atoms with Gasteiger partial charge in [-0.1, -0.05) is 19.3 Å². The molecule has 0 aromatic carbocycles. The van der Waals surface area contributed by atoms with Crippen LogP contribution in [0.3, 0.4) is 0 Å². The predicted molar refractivity (Wildman–Crippen MR) is 69.5 cm³/mol. The smallest absolute Gasteiger partial charge is 0.224 e. The molecule has 2 fully saturated rings. The zero-order valence-corrected chi connectivity index (χ0v) is 11.2. The molecule has 0 aromatic heterocycles. The largest absolute Gasteiger partial charge is 0.369 e. The highest BCUT2D eigenvalue weighted by Gasteiger charge is 2.42. The molecule has 2 rings (SSSR count). The van der Waals surface area contributed by atoms with Gasteiger partial charge in [-0.2, -0.15) is 5.26 Å². The second-order valence-electron chi connectivity index (χ2n) is 6.09. The van der Waals surface area contributed by atoms with E-state index in [0.29, 0.717) is 6.04 Å². The lowest BCUT2D eigenvalue weighted by Crippen LogP contribution is -2.42. The number of nitrogens with zero attached hydrogens (tertiary/aromatic N) is 2. The number of nitriles is 1. The van der Waals surface area contributed by atoms with Crippen LogP contribution in [0, 0.1) is 22.7 Å². The molecule has 0 radical (unpaired) electrons. The maximum atomic E-state index is 11.5. The van der Waals surface area contributed by atoms with Crippen LogP contribution in [-0.4, -0.2) is 29.9 Å². The first-order chi connectivity index (χ1) is 8.57. The first kappa shape index (κ1) is 13.4. The standard InChI is InChI=1S/C14H23N3O/c1-14(13(16)18)7-8-17(10-14)12-6-4-2-3-5-11(12)9-15/h11-12H,2-8,10H2,1H3,(H2,16,18). The molecule has 2 aliphatic rings. The highest BCUT2D eigenvalue weighted by atomic mass is 16.1. The molecule has 0 bridgehead atoms. The van der Waals surface area contributed by atoms with Gasteiger partial charge in [-0.3, -0.25) is 9.69 Å². The van der Waals surface area contributed by atoms with Gasteiger partial charge in [0.25, 0.3) is 0 Å². The van der Waals surface area contributed by atoms with E-state index in [-0.39, 0.29) is 11.8 Å². The second-order valence-corrected chi connectivity index (χ2v) is 6.09. The fraction of sp³-hybridized carbons (Fsp3) is 0.857. The minimum absolute atomic E-state index is 0.128. The molecule has 3 atom stereocenters. The quantitative estimate of drug-likeness (QED) is 0.757. The number of hydrogen-bond acceptors (Lipinski definition) is 3. The molecule has 4 heteroatoms. The minimum Gasteiger partial charge on any atom is -0.369 e. The Bertz CT molecular complexity index is 363. The number of carbonyl (C=O) groups excluding carboxylic acids is 1. The van der Waals surface area contributed by atoms with Crippen LogP contribution < -0.4 is 5.73 Å². The van der Waals surface area contributed by atoms with Crippen molar-refractivity contribution < 1.29 is 4.79 Å². The topological polar surface area (TPSA) is 70.1 Å². The van der Waals surface area contributed by atoms with Gasteiger partial charge in [0.05, 0.1) is 17.4 Å². The van der Waals surface area contributed by atoms with Crippen LogP contribution in [0.4, 0.5) is 0 Å². The van der Waals surface area contributed by atoms with Crippen molar-refractivity contribution in [2.45, 2.75) is 51.5 Å². The molecule has 1 saturated heterocycles. The minimum atomic E-state index is -0.397. The third-order valence-electron chi connectivity index (χ3n) is 4.71. The Balaban J connectivity index is 2.07. The van der Waals surface area contributed by atoms with Crippen molar-refractivity contribution in [1.82, 2.24) is 4.90 Å². The van der Waals surface area contributed by atoms with Crippen molar-refractivity contribution in [1.29, 1.82) is 5.26 Å². The van der Waals surface area contributed by atoms with E-state index in [1.807, 2.05) is 6.92 Å². The van der Waals surface area contributed by atoms with Crippen molar-refractivity contribution in [2.75, 3.05) is 13.1 Å². The Labute approximate surface area is 109 Å². The van der Waals surface area contributed by atoms with E-state index >= 15 is 0 Å². The maximum absolute atomic E-state index is 11.5. The van der Waals surface area contributed by atoms with Gasteiger partial charge in [-0.15, -0.1) is 0 Å². The number of carbonyl (C=O) groups is 1. The molecular weight excluding hydrogens is 226 g/mol. The summed E-state index contributed by atoms with van der Waals surface area (Å²) in [6.07, 6.45) is 6.52. The number of amides is 1. The normalized spacial score (nSPS) is 38.0. The van der Waals surface area contributed by atoms with Gasteiger partial charge in [0.1, 0.15) is 0 Å². The summed E-state index contributed by atoms with van der Waals surface area (Å²) in [4.78, 5) is 13.8. The van der Waals surface area contributed by atoms with Crippen LogP contribution in [0.15, 0.2) is 0 Å². The highest BCUT2D eigenvalue weighted by molar-refractivity contribution is 5.81. The van der Waals surface area contributed by atoms with E-state index in [1.165, 1.54) is 12.8 Å². The Hall–Kier alpha value is -1.08. The monoisotopic (exact) mass is 249 g/mol. The molecule has 1 saturated carbocycles. The van der Waals surface area contributed by atoms with Crippen LogP contribution >= 0.6 is 0 Å². The second kappa shape index (κ2) is 5.27. The van der Waals surface area contributed by atoms with E-state index in [2.05, 4.69) is 11.0 Å². The van der Waals surface area contributed by atoms with Crippen molar-refractivity contribution in [2.24, 2.45) is 17.1 Å². The highest BCUT2D eigenvalue weighted by Crippen LogP contribution is 2.35. The third-order valence-corrected chi connectivity index (χ3v) is 4.71. The Morgan fingerprint density at radius 2 is 2.11 bits per heavy atom. The average Bonchev–Trinajstić information content (AvgIpc) is 2.61. The number of primary amides is 1. The predicted octanol–water partition coefficient (Wildman–Crippen LogP) is 1.66.